The van der Waals surface area contributed by atoms with E-state index >= 15 is 0 Å². The summed E-state index contributed by atoms with van der Waals surface area (Å²) in [4.78, 5) is 36.0. The Morgan fingerprint density at radius 3 is 2.35 bits per heavy atom. The summed E-state index contributed by atoms with van der Waals surface area (Å²) in [6.07, 6.45) is -0.281. The molecule has 1 atom stereocenters. The molecule has 0 unspecified atom stereocenters. The lowest BCUT2D eigenvalue weighted by atomic mass is 9.96. The highest BCUT2D eigenvalue weighted by Gasteiger charge is 2.42. The highest BCUT2D eigenvalue weighted by molar-refractivity contribution is 6.08. The Labute approximate surface area is 132 Å². The van der Waals surface area contributed by atoms with Crippen LogP contribution in [0.3, 0.4) is 0 Å². The standard InChI is InChI=1S/C16H17NO6/c1-9(18)13-14(10-3-5-11(23-2)6-4-10)17(8-7-12(19)20)16(22)15(13)21/h3-6,14,21H,7-8H2,1-2H3,(H,19,20)/t14-/m1/s1. The summed E-state index contributed by atoms with van der Waals surface area (Å²) in [6, 6.07) is 5.88. The Balaban J connectivity index is 2.43. The zero-order valence-electron chi connectivity index (χ0n) is 12.8. The van der Waals surface area contributed by atoms with Crippen molar-refractivity contribution in [1.29, 1.82) is 0 Å². The molecule has 1 aromatic carbocycles. The number of aliphatic hydroxyl groups excluding tert-OH is 1. The largest absolute Gasteiger partial charge is 0.503 e. The van der Waals surface area contributed by atoms with E-state index in [9.17, 15) is 19.5 Å². The summed E-state index contributed by atoms with van der Waals surface area (Å²) < 4.78 is 5.07. The Kier molecular flexibility index (Phi) is 4.68. The third-order valence-electron chi connectivity index (χ3n) is 3.68. The highest BCUT2D eigenvalue weighted by atomic mass is 16.5. The number of benzene rings is 1. The summed E-state index contributed by atoms with van der Waals surface area (Å²) in [5, 5.41) is 18.8. The van der Waals surface area contributed by atoms with E-state index < -0.39 is 29.5 Å². The van der Waals surface area contributed by atoms with Crippen LogP contribution < -0.4 is 4.74 Å². The minimum Gasteiger partial charge on any atom is -0.503 e. The number of nitrogens with zero attached hydrogens (tertiary/aromatic N) is 1. The lowest BCUT2D eigenvalue weighted by Crippen LogP contribution is -2.33. The molecule has 1 aliphatic heterocycles. The number of Topliss-reactive ketones (excluding diaryl/α,β-unsaturated/α-hetero) is 1. The van der Waals surface area contributed by atoms with Crippen LogP contribution in [0.25, 0.3) is 0 Å². The van der Waals surface area contributed by atoms with Crippen LogP contribution in [0.1, 0.15) is 24.9 Å². The van der Waals surface area contributed by atoms with E-state index in [4.69, 9.17) is 9.84 Å². The molecule has 1 aromatic rings. The molecule has 0 bridgehead atoms. The fourth-order valence-electron chi connectivity index (χ4n) is 2.59. The zero-order valence-corrected chi connectivity index (χ0v) is 12.8. The molecule has 7 nitrogen and oxygen atoms in total. The van der Waals surface area contributed by atoms with Crippen LogP contribution in [0.5, 0.6) is 5.75 Å². The van der Waals surface area contributed by atoms with Gasteiger partial charge in [-0.2, -0.15) is 0 Å². The second-order valence-electron chi connectivity index (χ2n) is 5.14. The Morgan fingerprint density at radius 1 is 1.26 bits per heavy atom. The number of aliphatic carboxylic acids is 1. The lowest BCUT2D eigenvalue weighted by molar-refractivity contribution is -0.138. The van der Waals surface area contributed by atoms with Crippen LogP contribution in [0, 0.1) is 0 Å². The topological polar surface area (TPSA) is 104 Å². The van der Waals surface area contributed by atoms with Crippen LogP contribution >= 0.6 is 0 Å². The van der Waals surface area contributed by atoms with Crippen molar-refractivity contribution in [3.63, 3.8) is 0 Å². The molecule has 23 heavy (non-hydrogen) atoms. The monoisotopic (exact) mass is 319 g/mol. The molecule has 1 amide bonds. The Hall–Kier alpha value is -2.83. The number of aliphatic hydroxyl groups is 1. The average molecular weight is 319 g/mol. The maximum atomic E-state index is 12.2. The van der Waals surface area contributed by atoms with Crippen molar-refractivity contribution in [2.45, 2.75) is 19.4 Å². The normalized spacial score (nSPS) is 17.6. The molecule has 7 heteroatoms. The van der Waals surface area contributed by atoms with E-state index in [-0.39, 0.29) is 18.5 Å². The maximum absolute atomic E-state index is 12.2. The third-order valence-corrected chi connectivity index (χ3v) is 3.68. The van der Waals surface area contributed by atoms with Crippen molar-refractivity contribution in [2.24, 2.45) is 0 Å². The molecule has 122 valence electrons. The van der Waals surface area contributed by atoms with Gasteiger partial charge in [-0.1, -0.05) is 12.1 Å². The smallest absolute Gasteiger partial charge is 0.305 e. The number of rotatable bonds is 6. The molecular weight excluding hydrogens is 302 g/mol. The van der Waals surface area contributed by atoms with Crippen LogP contribution in [-0.2, 0) is 14.4 Å². The van der Waals surface area contributed by atoms with Gasteiger partial charge in [0.1, 0.15) is 5.75 Å². The van der Waals surface area contributed by atoms with Gasteiger partial charge in [0.05, 0.1) is 25.1 Å². The molecule has 0 saturated heterocycles. The Morgan fingerprint density at radius 2 is 1.87 bits per heavy atom. The van der Waals surface area contributed by atoms with Crippen molar-refractivity contribution < 1.29 is 29.3 Å². The first-order valence-electron chi connectivity index (χ1n) is 6.97. The van der Waals surface area contributed by atoms with Gasteiger partial charge in [-0.15, -0.1) is 0 Å². The van der Waals surface area contributed by atoms with Gasteiger partial charge in [-0.05, 0) is 24.6 Å². The number of ether oxygens (including phenoxy) is 1. The molecule has 0 aliphatic carbocycles. The number of carboxylic acids is 1. The summed E-state index contributed by atoms with van der Waals surface area (Å²) >= 11 is 0. The molecular formula is C16H17NO6. The molecule has 1 aliphatic rings. The molecule has 2 rings (SSSR count). The van der Waals surface area contributed by atoms with Crippen molar-refractivity contribution in [2.75, 3.05) is 13.7 Å². The fraction of sp³-hybridized carbons (Fsp3) is 0.312. The minimum absolute atomic E-state index is 0.0226. The van der Waals surface area contributed by atoms with Crippen LogP contribution in [0.2, 0.25) is 0 Å². The summed E-state index contributed by atoms with van der Waals surface area (Å²) in [5.41, 5.74) is 0.573. The van der Waals surface area contributed by atoms with Gasteiger partial charge in [0.15, 0.2) is 11.5 Å². The van der Waals surface area contributed by atoms with Gasteiger partial charge in [-0.25, -0.2) is 0 Å². The SMILES string of the molecule is COc1ccc([C@@H]2C(C(C)=O)=C(O)C(=O)N2CCC(=O)O)cc1. The number of methoxy groups -OCH3 is 1. The van der Waals surface area contributed by atoms with E-state index in [0.717, 1.165) is 0 Å². The molecule has 2 N–H and O–H groups in total. The maximum Gasteiger partial charge on any atom is 0.305 e. The molecule has 0 radical (unpaired) electrons. The molecule has 1 heterocycles. The Bertz CT molecular complexity index is 676. The van der Waals surface area contributed by atoms with Gasteiger partial charge >= 0.3 is 5.97 Å². The molecule has 0 fully saturated rings. The van der Waals surface area contributed by atoms with Crippen molar-refractivity contribution in [3.05, 3.63) is 41.2 Å². The van der Waals surface area contributed by atoms with Gasteiger partial charge in [0, 0.05) is 6.54 Å². The number of ketones is 1. The second-order valence-corrected chi connectivity index (χ2v) is 5.14. The molecule has 0 spiro atoms. The van der Waals surface area contributed by atoms with Gasteiger partial charge in [0.2, 0.25) is 0 Å². The first kappa shape index (κ1) is 16.5. The van der Waals surface area contributed by atoms with E-state index in [1.54, 1.807) is 24.3 Å². The summed E-state index contributed by atoms with van der Waals surface area (Å²) in [7, 11) is 1.51. The number of hydrogen-bond donors (Lipinski definition) is 2. The number of carboxylic acid groups (broad SMARTS) is 1. The molecule has 0 saturated carbocycles. The number of amides is 1. The lowest BCUT2D eigenvalue weighted by Gasteiger charge is -2.26. The first-order chi connectivity index (χ1) is 10.9. The van der Waals surface area contributed by atoms with Gasteiger partial charge in [0.25, 0.3) is 5.91 Å². The first-order valence-corrected chi connectivity index (χ1v) is 6.97. The van der Waals surface area contributed by atoms with E-state index in [1.165, 1.54) is 18.9 Å². The third kappa shape index (κ3) is 3.18. The van der Waals surface area contributed by atoms with Crippen molar-refractivity contribution in [1.82, 2.24) is 4.90 Å². The van der Waals surface area contributed by atoms with Crippen LogP contribution in [0.15, 0.2) is 35.6 Å². The van der Waals surface area contributed by atoms with E-state index in [0.29, 0.717) is 11.3 Å². The predicted molar refractivity (Wildman–Crippen MR) is 80.0 cm³/mol. The molecule has 0 aromatic heterocycles. The van der Waals surface area contributed by atoms with Crippen molar-refractivity contribution >= 4 is 17.7 Å². The second kappa shape index (κ2) is 6.51. The van der Waals surface area contributed by atoms with Crippen LogP contribution in [-0.4, -0.2) is 46.4 Å². The van der Waals surface area contributed by atoms with E-state index in [2.05, 4.69) is 0 Å². The van der Waals surface area contributed by atoms with Crippen LogP contribution in [0.4, 0.5) is 0 Å². The quantitative estimate of drug-likeness (QED) is 0.822. The van der Waals surface area contributed by atoms with Gasteiger partial charge < -0.3 is 19.8 Å². The predicted octanol–water partition coefficient (Wildman–Crippen LogP) is 1.45. The zero-order chi connectivity index (χ0) is 17.1. The summed E-state index contributed by atoms with van der Waals surface area (Å²) in [5.74, 6) is -2.26. The highest BCUT2D eigenvalue weighted by Crippen LogP contribution is 2.38. The van der Waals surface area contributed by atoms with Gasteiger partial charge in [-0.3, -0.25) is 14.4 Å². The number of hydrogen-bond acceptors (Lipinski definition) is 5. The number of carbonyl (C=O) groups is 3. The fourth-order valence-corrected chi connectivity index (χ4v) is 2.59. The number of carbonyl (C=O) groups excluding carboxylic acids is 2. The van der Waals surface area contributed by atoms with Crippen molar-refractivity contribution in [3.8, 4) is 5.75 Å². The summed E-state index contributed by atoms with van der Waals surface area (Å²) in [6.45, 7) is 1.15. The minimum atomic E-state index is -1.07. The average Bonchev–Trinajstić information content (AvgIpc) is 2.77. The van der Waals surface area contributed by atoms with E-state index in [1.807, 2.05) is 0 Å².